The molecule has 0 spiro atoms. The minimum absolute atomic E-state index is 0.0594. The van der Waals surface area contributed by atoms with Gasteiger partial charge < -0.3 is 15.2 Å². The summed E-state index contributed by atoms with van der Waals surface area (Å²) >= 11 is 0. The van der Waals surface area contributed by atoms with Gasteiger partial charge in [0.1, 0.15) is 11.6 Å². The van der Waals surface area contributed by atoms with Crippen molar-refractivity contribution in [3.05, 3.63) is 11.6 Å². The molecule has 1 aromatic rings. The van der Waals surface area contributed by atoms with E-state index in [0.717, 1.165) is 11.6 Å². The summed E-state index contributed by atoms with van der Waals surface area (Å²) in [5, 5.41) is 14.1. The fraction of sp³-hybridized carbons (Fsp3) is 0.750. The number of nitrogens with one attached hydrogen (secondary N) is 2. The van der Waals surface area contributed by atoms with Gasteiger partial charge in [0.25, 0.3) is 0 Å². The fourth-order valence-electron chi connectivity index (χ4n) is 1.49. The SMILES string of the molecule is Cc1nnc(CNCCC(=O)NC(C)(C)C)n1C. The van der Waals surface area contributed by atoms with Crippen molar-refractivity contribution in [3.8, 4) is 0 Å². The highest BCUT2D eigenvalue weighted by atomic mass is 16.1. The molecule has 1 rings (SSSR count). The van der Waals surface area contributed by atoms with Gasteiger partial charge in [0.15, 0.2) is 0 Å². The molecule has 102 valence electrons. The van der Waals surface area contributed by atoms with E-state index in [2.05, 4.69) is 20.8 Å². The molecule has 2 N–H and O–H groups in total. The zero-order valence-corrected chi connectivity index (χ0v) is 11.9. The molecule has 18 heavy (non-hydrogen) atoms. The van der Waals surface area contributed by atoms with Crippen molar-refractivity contribution in [1.82, 2.24) is 25.4 Å². The third kappa shape index (κ3) is 4.83. The van der Waals surface area contributed by atoms with Crippen LogP contribution < -0.4 is 10.6 Å². The Morgan fingerprint density at radius 3 is 2.50 bits per heavy atom. The average molecular weight is 253 g/mol. The van der Waals surface area contributed by atoms with E-state index in [1.54, 1.807) is 0 Å². The van der Waals surface area contributed by atoms with E-state index < -0.39 is 0 Å². The second kappa shape index (κ2) is 5.95. The van der Waals surface area contributed by atoms with Crippen LogP contribution in [0.25, 0.3) is 0 Å². The van der Waals surface area contributed by atoms with Gasteiger partial charge >= 0.3 is 0 Å². The lowest BCUT2D eigenvalue weighted by atomic mass is 10.1. The lowest BCUT2D eigenvalue weighted by Gasteiger charge is -2.20. The summed E-state index contributed by atoms with van der Waals surface area (Å²) in [7, 11) is 1.93. The maximum atomic E-state index is 11.6. The van der Waals surface area contributed by atoms with Crippen LogP contribution in [-0.4, -0.2) is 32.8 Å². The van der Waals surface area contributed by atoms with Gasteiger partial charge in [-0.2, -0.15) is 0 Å². The molecule has 0 fully saturated rings. The molecule has 0 aliphatic rings. The molecule has 0 aliphatic heterocycles. The first-order chi connectivity index (χ1) is 8.29. The summed E-state index contributed by atoms with van der Waals surface area (Å²) in [6.45, 7) is 9.09. The second-order valence-corrected chi connectivity index (χ2v) is 5.45. The zero-order valence-electron chi connectivity index (χ0n) is 11.9. The highest BCUT2D eigenvalue weighted by Crippen LogP contribution is 1.99. The summed E-state index contributed by atoms with van der Waals surface area (Å²) in [6, 6.07) is 0. The molecule has 6 heteroatoms. The van der Waals surface area contributed by atoms with Gasteiger partial charge in [-0.25, -0.2) is 0 Å². The number of hydrogen-bond acceptors (Lipinski definition) is 4. The quantitative estimate of drug-likeness (QED) is 0.750. The Hall–Kier alpha value is -1.43. The van der Waals surface area contributed by atoms with Gasteiger partial charge in [-0.1, -0.05) is 0 Å². The molecule has 1 aromatic heterocycles. The minimum Gasteiger partial charge on any atom is -0.351 e. The summed E-state index contributed by atoms with van der Waals surface area (Å²) in [5.74, 6) is 1.82. The number of rotatable bonds is 5. The van der Waals surface area contributed by atoms with Gasteiger partial charge in [0.05, 0.1) is 6.54 Å². The topological polar surface area (TPSA) is 71.8 Å². The molecular formula is C12H23N5O. The monoisotopic (exact) mass is 253 g/mol. The Bertz CT molecular complexity index is 405. The van der Waals surface area contributed by atoms with E-state index in [1.807, 2.05) is 39.3 Å². The predicted molar refractivity (Wildman–Crippen MR) is 70.0 cm³/mol. The largest absolute Gasteiger partial charge is 0.351 e. The van der Waals surface area contributed by atoms with Crippen LogP contribution in [0.4, 0.5) is 0 Å². The Labute approximate surface area is 108 Å². The first-order valence-electron chi connectivity index (χ1n) is 6.16. The van der Waals surface area contributed by atoms with E-state index in [-0.39, 0.29) is 11.4 Å². The van der Waals surface area contributed by atoms with Crippen molar-refractivity contribution in [3.63, 3.8) is 0 Å². The van der Waals surface area contributed by atoms with Gasteiger partial charge in [0, 0.05) is 25.6 Å². The van der Waals surface area contributed by atoms with Gasteiger partial charge in [0.2, 0.25) is 5.91 Å². The van der Waals surface area contributed by atoms with E-state index in [1.165, 1.54) is 0 Å². The van der Waals surface area contributed by atoms with Crippen LogP contribution in [0.2, 0.25) is 0 Å². The summed E-state index contributed by atoms with van der Waals surface area (Å²) < 4.78 is 1.93. The van der Waals surface area contributed by atoms with Gasteiger partial charge in [-0.15, -0.1) is 10.2 Å². The average Bonchev–Trinajstić information content (AvgIpc) is 2.53. The highest BCUT2D eigenvalue weighted by molar-refractivity contribution is 5.76. The van der Waals surface area contributed by atoms with Crippen molar-refractivity contribution in [2.24, 2.45) is 7.05 Å². The number of nitrogens with zero attached hydrogens (tertiary/aromatic N) is 3. The summed E-state index contributed by atoms with van der Waals surface area (Å²) in [5.41, 5.74) is -0.169. The molecule has 1 heterocycles. The third-order valence-electron chi connectivity index (χ3n) is 2.51. The smallest absolute Gasteiger partial charge is 0.221 e. The number of hydrogen-bond donors (Lipinski definition) is 2. The van der Waals surface area contributed by atoms with Crippen LogP contribution in [0, 0.1) is 6.92 Å². The van der Waals surface area contributed by atoms with Gasteiger partial charge in [-0.05, 0) is 27.7 Å². The van der Waals surface area contributed by atoms with E-state index in [4.69, 9.17) is 0 Å². The van der Waals surface area contributed by atoms with Crippen LogP contribution in [0.3, 0.4) is 0 Å². The molecule has 0 aliphatic carbocycles. The normalized spacial score (nSPS) is 11.6. The number of amides is 1. The van der Waals surface area contributed by atoms with E-state index in [0.29, 0.717) is 19.5 Å². The zero-order chi connectivity index (χ0) is 13.8. The third-order valence-corrected chi connectivity index (χ3v) is 2.51. The molecule has 0 radical (unpaired) electrons. The Kier molecular flexibility index (Phi) is 4.84. The van der Waals surface area contributed by atoms with Crippen LogP contribution in [-0.2, 0) is 18.4 Å². The summed E-state index contributed by atoms with van der Waals surface area (Å²) in [6.07, 6.45) is 0.466. The van der Waals surface area contributed by atoms with Gasteiger partial charge in [-0.3, -0.25) is 4.79 Å². The van der Waals surface area contributed by atoms with Crippen LogP contribution >= 0.6 is 0 Å². The van der Waals surface area contributed by atoms with E-state index >= 15 is 0 Å². The first-order valence-corrected chi connectivity index (χ1v) is 6.16. The molecule has 6 nitrogen and oxygen atoms in total. The molecule has 0 unspecified atom stereocenters. The van der Waals surface area contributed by atoms with Crippen molar-refractivity contribution in [2.45, 2.75) is 46.2 Å². The molecular weight excluding hydrogens is 230 g/mol. The van der Waals surface area contributed by atoms with Crippen molar-refractivity contribution in [2.75, 3.05) is 6.54 Å². The number of carbonyl (C=O) groups excluding carboxylic acids is 1. The molecule has 0 saturated heterocycles. The Balaban J connectivity index is 2.23. The van der Waals surface area contributed by atoms with Crippen molar-refractivity contribution >= 4 is 5.91 Å². The number of carbonyl (C=O) groups is 1. The number of aromatic nitrogens is 3. The van der Waals surface area contributed by atoms with Crippen molar-refractivity contribution in [1.29, 1.82) is 0 Å². The second-order valence-electron chi connectivity index (χ2n) is 5.45. The maximum absolute atomic E-state index is 11.6. The minimum atomic E-state index is -0.169. The molecule has 0 aromatic carbocycles. The highest BCUT2D eigenvalue weighted by Gasteiger charge is 2.13. The Morgan fingerprint density at radius 1 is 1.33 bits per heavy atom. The van der Waals surface area contributed by atoms with Crippen molar-refractivity contribution < 1.29 is 4.79 Å². The predicted octanol–water partition coefficient (Wildman–Crippen LogP) is 0.518. The van der Waals surface area contributed by atoms with Crippen LogP contribution in [0.1, 0.15) is 38.8 Å². The Morgan fingerprint density at radius 2 is 2.00 bits per heavy atom. The lowest BCUT2D eigenvalue weighted by molar-refractivity contribution is -0.122. The fourth-order valence-corrected chi connectivity index (χ4v) is 1.49. The molecule has 1 amide bonds. The van der Waals surface area contributed by atoms with E-state index in [9.17, 15) is 4.79 Å². The first kappa shape index (κ1) is 14.6. The number of aryl methyl sites for hydroxylation is 1. The molecule has 0 bridgehead atoms. The summed E-state index contributed by atoms with van der Waals surface area (Å²) in [4.78, 5) is 11.6. The maximum Gasteiger partial charge on any atom is 0.221 e. The standard InChI is InChI=1S/C12H23N5O/c1-9-15-16-10(17(9)5)8-13-7-6-11(18)14-12(2,3)4/h13H,6-8H2,1-5H3,(H,14,18). The van der Waals surface area contributed by atoms with Crippen LogP contribution in [0.5, 0.6) is 0 Å². The van der Waals surface area contributed by atoms with Crippen LogP contribution in [0.15, 0.2) is 0 Å². The molecule has 0 atom stereocenters. The molecule has 0 saturated carbocycles. The lowest BCUT2D eigenvalue weighted by Crippen LogP contribution is -2.41.